The highest BCUT2D eigenvalue weighted by molar-refractivity contribution is 7.99. The Kier molecular flexibility index (Phi) is 8.21. The van der Waals surface area contributed by atoms with E-state index >= 15 is 0 Å². The van der Waals surface area contributed by atoms with Crippen LogP contribution >= 0.6 is 11.8 Å². The predicted molar refractivity (Wildman–Crippen MR) is 144 cm³/mol. The summed E-state index contributed by atoms with van der Waals surface area (Å²) in [6.07, 6.45) is 0.962. The van der Waals surface area contributed by atoms with E-state index in [0.29, 0.717) is 18.8 Å². The molecule has 0 bridgehead atoms. The van der Waals surface area contributed by atoms with E-state index in [1.165, 1.54) is 22.2 Å². The molecule has 35 heavy (non-hydrogen) atoms. The first-order chi connectivity index (χ1) is 17.0. The summed E-state index contributed by atoms with van der Waals surface area (Å²) in [5, 5.41) is 12.1. The van der Waals surface area contributed by atoms with Crippen molar-refractivity contribution in [3.63, 3.8) is 0 Å². The molecule has 0 aliphatic rings. The molecule has 0 radical (unpaired) electrons. The third-order valence-electron chi connectivity index (χ3n) is 6.35. The minimum absolute atomic E-state index is 0.0648. The summed E-state index contributed by atoms with van der Waals surface area (Å²) in [4.78, 5) is 16.6. The molecular formula is C28H34N5OS+. The largest absolute Gasteiger partial charge is 0.331 e. The Balaban J connectivity index is 1.59. The minimum Gasteiger partial charge on any atom is -0.331 e. The molecule has 7 heteroatoms. The second kappa shape index (κ2) is 11.5. The third-order valence-corrected chi connectivity index (χ3v) is 7.30. The van der Waals surface area contributed by atoms with Gasteiger partial charge < -0.3 is 9.80 Å². The zero-order chi connectivity index (χ0) is 24.8. The summed E-state index contributed by atoms with van der Waals surface area (Å²) in [5.74, 6) is 1.33. The van der Waals surface area contributed by atoms with Gasteiger partial charge in [0.15, 0.2) is 11.0 Å². The van der Waals surface area contributed by atoms with Gasteiger partial charge in [-0.1, -0.05) is 85.4 Å². The Morgan fingerprint density at radius 3 is 2.40 bits per heavy atom. The van der Waals surface area contributed by atoms with Crippen LogP contribution in [0.4, 0.5) is 5.69 Å². The fourth-order valence-electron chi connectivity index (χ4n) is 4.56. The van der Waals surface area contributed by atoms with Gasteiger partial charge >= 0.3 is 0 Å². The maximum atomic E-state index is 13.4. The Labute approximate surface area is 212 Å². The van der Waals surface area contributed by atoms with E-state index in [1.807, 2.05) is 54.3 Å². The highest BCUT2D eigenvalue weighted by Gasteiger charge is 2.26. The van der Waals surface area contributed by atoms with Gasteiger partial charge in [-0.05, 0) is 23.9 Å². The fraction of sp³-hybridized carbons (Fsp3) is 0.321. The van der Waals surface area contributed by atoms with Gasteiger partial charge in [0.1, 0.15) is 6.04 Å². The van der Waals surface area contributed by atoms with Crippen molar-refractivity contribution in [2.24, 2.45) is 0 Å². The minimum atomic E-state index is 0.0648. The smallest absolute Gasteiger partial charge is 0.237 e. The summed E-state index contributed by atoms with van der Waals surface area (Å²) >= 11 is 1.47. The molecule has 0 aliphatic carbocycles. The quantitative estimate of drug-likeness (QED) is 0.340. The molecular weight excluding hydrogens is 454 g/mol. The van der Waals surface area contributed by atoms with Crippen LogP contribution in [0, 0.1) is 0 Å². The summed E-state index contributed by atoms with van der Waals surface area (Å²) in [6, 6.07) is 24.9. The molecule has 0 spiro atoms. The molecule has 1 amide bonds. The first-order valence-corrected chi connectivity index (χ1v) is 13.2. The lowest BCUT2D eigenvalue weighted by atomic mass is 10.1. The number of benzene rings is 3. The fourth-order valence-corrected chi connectivity index (χ4v) is 5.38. The van der Waals surface area contributed by atoms with E-state index < -0.39 is 0 Å². The first-order valence-electron chi connectivity index (χ1n) is 12.2. The van der Waals surface area contributed by atoms with Gasteiger partial charge in [-0.3, -0.25) is 9.36 Å². The molecule has 6 nitrogen and oxygen atoms in total. The number of aromatic nitrogens is 3. The monoisotopic (exact) mass is 488 g/mol. The number of hydrogen-bond acceptors (Lipinski definition) is 4. The van der Waals surface area contributed by atoms with Crippen molar-refractivity contribution in [3.05, 3.63) is 84.2 Å². The standard InChI is InChI=1S/C28H33N5OS/c1-5-24(31(3)4)27-29-30-28(33(27)19-21-13-8-7-9-14-21)35-20-26(34)32(6-2)25-18-12-16-22-15-10-11-17-23(22)25/h7-18,24H,5-6,19-20H2,1-4H3/p+1/t24-/m1/s1. The van der Waals surface area contributed by atoms with Gasteiger partial charge in [0.25, 0.3) is 0 Å². The maximum Gasteiger partial charge on any atom is 0.237 e. The SMILES string of the molecule is CC[C@H](c1nnc(SCC(=O)N(CC)c2cccc3ccccc23)n1Cc1ccccc1)[NH+](C)C. The molecule has 3 aromatic carbocycles. The lowest BCUT2D eigenvalue weighted by molar-refractivity contribution is -0.893. The molecule has 1 atom stereocenters. The van der Waals surface area contributed by atoms with Crippen LogP contribution in [0.3, 0.4) is 0 Å². The number of nitrogens with one attached hydrogen (secondary N) is 1. The van der Waals surface area contributed by atoms with E-state index in [1.54, 1.807) is 0 Å². The van der Waals surface area contributed by atoms with Crippen LogP contribution in [0.25, 0.3) is 10.8 Å². The average molecular weight is 489 g/mol. The highest BCUT2D eigenvalue weighted by Crippen LogP contribution is 2.28. The second-order valence-corrected chi connectivity index (χ2v) is 9.82. The molecule has 4 aromatic rings. The molecule has 0 fully saturated rings. The maximum absolute atomic E-state index is 13.4. The van der Waals surface area contributed by atoms with Gasteiger partial charge in [-0.25, -0.2) is 0 Å². The van der Waals surface area contributed by atoms with Crippen molar-refractivity contribution in [1.29, 1.82) is 0 Å². The Bertz CT molecular complexity index is 1270. The molecule has 182 valence electrons. The van der Waals surface area contributed by atoms with Crippen LogP contribution in [0.2, 0.25) is 0 Å². The van der Waals surface area contributed by atoms with E-state index in [9.17, 15) is 4.79 Å². The van der Waals surface area contributed by atoms with E-state index in [4.69, 9.17) is 0 Å². The number of quaternary nitrogens is 1. The number of thioether (sulfide) groups is 1. The van der Waals surface area contributed by atoms with Gasteiger partial charge in [-0.2, -0.15) is 0 Å². The average Bonchev–Trinajstić information content (AvgIpc) is 3.26. The Hall–Kier alpha value is -3.16. The van der Waals surface area contributed by atoms with Crippen LogP contribution in [-0.2, 0) is 11.3 Å². The lowest BCUT2D eigenvalue weighted by Crippen LogP contribution is -3.06. The summed E-state index contributed by atoms with van der Waals surface area (Å²) in [7, 11) is 4.30. The van der Waals surface area contributed by atoms with E-state index in [0.717, 1.165) is 33.9 Å². The molecule has 1 aromatic heterocycles. The van der Waals surface area contributed by atoms with Gasteiger partial charge in [0, 0.05) is 18.4 Å². The number of anilines is 1. The van der Waals surface area contributed by atoms with Crippen molar-refractivity contribution < 1.29 is 9.69 Å². The summed E-state index contributed by atoms with van der Waals surface area (Å²) < 4.78 is 2.18. The van der Waals surface area contributed by atoms with Crippen molar-refractivity contribution in [2.45, 2.75) is 38.0 Å². The molecule has 0 unspecified atom stereocenters. The van der Waals surface area contributed by atoms with Crippen molar-refractivity contribution in [1.82, 2.24) is 14.8 Å². The molecule has 0 saturated carbocycles. The van der Waals surface area contributed by atoms with Crippen LogP contribution in [0.15, 0.2) is 78.0 Å². The number of rotatable bonds is 10. The van der Waals surface area contributed by atoms with Crippen molar-refractivity contribution in [2.75, 3.05) is 31.3 Å². The number of amides is 1. The van der Waals surface area contributed by atoms with Crippen molar-refractivity contribution >= 4 is 34.1 Å². The number of carbonyl (C=O) groups excluding carboxylic acids is 1. The lowest BCUT2D eigenvalue weighted by Gasteiger charge is -2.23. The highest BCUT2D eigenvalue weighted by atomic mass is 32.2. The van der Waals surface area contributed by atoms with Gasteiger partial charge in [-0.15, -0.1) is 10.2 Å². The van der Waals surface area contributed by atoms with Crippen molar-refractivity contribution in [3.8, 4) is 0 Å². The number of carbonyl (C=O) groups is 1. The molecule has 0 aliphatic heterocycles. The molecule has 0 saturated heterocycles. The van der Waals surface area contributed by atoms with Gasteiger partial charge in [0.2, 0.25) is 5.91 Å². The van der Waals surface area contributed by atoms with Gasteiger partial charge in [0.05, 0.1) is 32.1 Å². The molecule has 4 rings (SSSR count). The van der Waals surface area contributed by atoms with E-state index in [2.05, 4.69) is 66.1 Å². The van der Waals surface area contributed by atoms with Crippen LogP contribution in [-0.4, -0.2) is 47.1 Å². The van der Waals surface area contributed by atoms with Crippen LogP contribution in [0.5, 0.6) is 0 Å². The van der Waals surface area contributed by atoms with E-state index in [-0.39, 0.29) is 11.9 Å². The van der Waals surface area contributed by atoms with Crippen LogP contribution in [0.1, 0.15) is 37.7 Å². The number of nitrogens with zero attached hydrogens (tertiary/aromatic N) is 4. The zero-order valence-corrected chi connectivity index (χ0v) is 21.8. The molecule has 1 heterocycles. The number of fused-ring (bicyclic) bond motifs is 1. The Morgan fingerprint density at radius 1 is 0.971 bits per heavy atom. The third kappa shape index (κ3) is 5.57. The first kappa shape index (κ1) is 24.9. The summed E-state index contributed by atoms with van der Waals surface area (Å²) in [5.41, 5.74) is 2.14. The second-order valence-electron chi connectivity index (χ2n) is 8.88. The summed E-state index contributed by atoms with van der Waals surface area (Å²) in [6.45, 7) is 5.49. The topological polar surface area (TPSA) is 55.5 Å². The zero-order valence-electron chi connectivity index (χ0n) is 20.9. The molecule has 1 N–H and O–H groups in total. The Morgan fingerprint density at radius 2 is 1.69 bits per heavy atom. The normalized spacial score (nSPS) is 12.3. The van der Waals surface area contributed by atoms with Crippen LogP contribution < -0.4 is 9.80 Å². The predicted octanol–water partition coefficient (Wildman–Crippen LogP) is 4.22. The number of hydrogen-bond donors (Lipinski definition) is 1.